The van der Waals surface area contributed by atoms with Crippen molar-refractivity contribution in [1.29, 1.82) is 0 Å². The second-order valence-electron chi connectivity index (χ2n) is 5.75. The maximum absolute atomic E-state index is 11.4. The second kappa shape index (κ2) is 5.64. The maximum Gasteiger partial charge on any atom is 0.408 e. The van der Waals surface area contributed by atoms with Crippen molar-refractivity contribution in [2.24, 2.45) is 5.41 Å². The fourth-order valence-electron chi connectivity index (χ4n) is 2.02. The summed E-state index contributed by atoms with van der Waals surface area (Å²) in [6.07, 6.45) is -0.159. The minimum absolute atomic E-state index is 0.133. The zero-order valence-corrected chi connectivity index (χ0v) is 12.4. The zero-order valence-electron chi connectivity index (χ0n) is 11.6. The van der Waals surface area contributed by atoms with Gasteiger partial charge in [0.2, 0.25) is 0 Å². The van der Waals surface area contributed by atoms with Crippen LogP contribution < -0.4 is 0 Å². The van der Waals surface area contributed by atoms with Crippen LogP contribution in [-0.4, -0.2) is 62.7 Å². The Bertz CT molecular complexity index is 427. The number of hydrogen-bond acceptors (Lipinski definition) is 5. The number of hydrogen-bond donors (Lipinski definition) is 1. The van der Waals surface area contributed by atoms with Gasteiger partial charge >= 0.3 is 6.09 Å². The molecule has 0 aromatic rings. The van der Waals surface area contributed by atoms with Crippen LogP contribution in [0.15, 0.2) is 0 Å². The maximum atomic E-state index is 11.4. The van der Waals surface area contributed by atoms with E-state index in [4.69, 9.17) is 8.92 Å². The monoisotopic (exact) mass is 295 g/mol. The molecule has 1 aliphatic rings. The highest BCUT2D eigenvalue weighted by molar-refractivity contribution is 7.85. The molecule has 7 nitrogen and oxygen atoms in total. The van der Waals surface area contributed by atoms with E-state index >= 15 is 0 Å². The lowest BCUT2D eigenvalue weighted by Gasteiger charge is -2.45. The molecule has 1 amide bonds. The number of carboxylic acid groups (broad SMARTS) is 1. The molecule has 1 heterocycles. The molecule has 1 fully saturated rings. The van der Waals surface area contributed by atoms with Gasteiger partial charge in [-0.3, -0.25) is 9.08 Å². The first-order valence-electron chi connectivity index (χ1n) is 5.96. The number of carbonyl (C=O) groups is 1. The van der Waals surface area contributed by atoms with Crippen LogP contribution >= 0.6 is 0 Å². The highest BCUT2D eigenvalue weighted by Gasteiger charge is 2.41. The fourth-order valence-corrected chi connectivity index (χ4v) is 2.42. The van der Waals surface area contributed by atoms with Gasteiger partial charge in [-0.2, -0.15) is 8.42 Å². The molecule has 0 aromatic carbocycles. The van der Waals surface area contributed by atoms with Crippen LogP contribution in [0.3, 0.4) is 0 Å². The lowest BCUT2D eigenvalue weighted by Crippen LogP contribution is -2.60. The van der Waals surface area contributed by atoms with Crippen LogP contribution in [-0.2, 0) is 19.0 Å². The minimum Gasteiger partial charge on any atom is -0.465 e. The fraction of sp³-hybridized carbons (Fsp3) is 0.909. The van der Waals surface area contributed by atoms with Gasteiger partial charge in [-0.25, -0.2) is 4.79 Å². The first-order chi connectivity index (χ1) is 8.52. The molecule has 0 aromatic heterocycles. The highest BCUT2D eigenvalue weighted by Crippen LogP contribution is 2.29. The summed E-state index contributed by atoms with van der Waals surface area (Å²) in [4.78, 5) is 12.7. The van der Waals surface area contributed by atoms with Crippen LogP contribution in [0.25, 0.3) is 0 Å². The average Bonchev–Trinajstić information content (AvgIpc) is 2.23. The van der Waals surface area contributed by atoms with E-state index < -0.39 is 22.3 Å². The Labute approximate surface area is 113 Å². The van der Waals surface area contributed by atoms with Crippen LogP contribution in [0.5, 0.6) is 0 Å². The molecule has 8 heteroatoms. The highest BCUT2D eigenvalue weighted by atomic mass is 32.2. The van der Waals surface area contributed by atoms with Crippen molar-refractivity contribution in [2.45, 2.75) is 32.9 Å². The van der Waals surface area contributed by atoms with Gasteiger partial charge in [0.25, 0.3) is 10.1 Å². The molecule has 2 atom stereocenters. The van der Waals surface area contributed by atoms with Crippen LogP contribution in [0.1, 0.15) is 20.8 Å². The van der Waals surface area contributed by atoms with E-state index in [2.05, 4.69) is 0 Å². The summed E-state index contributed by atoms with van der Waals surface area (Å²) in [5.41, 5.74) is -0.303. The topological polar surface area (TPSA) is 93.1 Å². The molecule has 2 unspecified atom stereocenters. The van der Waals surface area contributed by atoms with Gasteiger partial charge in [0.15, 0.2) is 0 Å². The minimum atomic E-state index is -3.60. The van der Waals surface area contributed by atoms with E-state index in [-0.39, 0.29) is 24.7 Å². The molecule has 0 spiro atoms. The lowest BCUT2D eigenvalue weighted by molar-refractivity contribution is -0.0794. The van der Waals surface area contributed by atoms with Crippen molar-refractivity contribution in [3.8, 4) is 0 Å². The van der Waals surface area contributed by atoms with E-state index in [1.165, 1.54) is 4.90 Å². The Morgan fingerprint density at radius 1 is 1.42 bits per heavy atom. The summed E-state index contributed by atoms with van der Waals surface area (Å²) in [5.74, 6) is 0. The van der Waals surface area contributed by atoms with Crippen molar-refractivity contribution in [2.75, 3.05) is 26.1 Å². The number of ether oxygens (including phenoxy) is 1. The Balaban J connectivity index is 2.87. The summed E-state index contributed by atoms with van der Waals surface area (Å²) in [6.45, 7) is 5.95. The standard InChI is InChI=1S/C11H21NO6S/c1-11(2,3)9-7-17-5-8(12(9)10(13)14)6-18-19(4,15)16/h8-9H,5-7H2,1-4H3,(H,13,14). The molecular weight excluding hydrogens is 274 g/mol. The van der Waals surface area contributed by atoms with Gasteiger partial charge in [0.05, 0.1) is 38.2 Å². The molecular formula is C11H21NO6S. The SMILES string of the molecule is CC(C)(C)C1COCC(COS(C)(=O)=O)N1C(=O)O. The molecule has 19 heavy (non-hydrogen) atoms. The first kappa shape index (κ1) is 16.2. The van der Waals surface area contributed by atoms with Crippen molar-refractivity contribution in [1.82, 2.24) is 4.90 Å². The van der Waals surface area contributed by atoms with Crippen LogP contribution in [0.4, 0.5) is 4.79 Å². The van der Waals surface area contributed by atoms with Crippen molar-refractivity contribution < 1.29 is 27.2 Å². The summed E-state index contributed by atoms with van der Waals surface area (Å²) >= 11 is 0. The molecule has 1 aliphatic heterocycles. The predicted octanol–water partition coefficient (Wildman–Crippen LogP) is 0.756. The number of rotatable bonds is 3. The molecule has 112 valence electrons. The Morgan fingerprint density at radius 3 is 2.42 bits per heavy atom. The lowest BCUT2D eigenvalue weighted by atomic mass is 9.85. The van der Waals surface area contributed by atoms with Gasteiger partial charge < -0.3 is 9.84 Å². The third-order valence-electron chi connectivity index (χ3n) is 3.01. The Morgan fingerprint density at radius 2 is 2.00 bits per heavy atom. The van der Waals surface area contributed by atoms with Crippen molar-refractivity contribution in [3.05, 3.63) is 0 Å². The summed E-state index contributed by atoms with van der Waals surface area (Å²) in [6, 6.07) is -0.961. The molecule has 0 saturated carbocycles. The molecule has 1 saturated heterocycles. The number of morpholine rings is 1. The van der Waals surface area contributed by atoms with E-state index in [1.54, 1.807) is 0 Å². The van der Waals surface area contributed by atoms with Gasteiger partial charge in [0.1, 0.15) is 0 Å². The smallest absolute Gasteiger partial charge is 0.408 e. The normalized spacial score (nSPS) is 25.4. The molecule has 1 rings (SSSR count). The Kier molecular flexibility index (Phi) is 4.81. The largest absolute Gasteiger partial charge is 0.465 e. The number of amides is 1. The van der Waals surface area contributed by atoms with Crippen LogP contribution in [0.2, 0.25) is 0 Å². The van der Waals surface area contributed by atoms with E-state index in [0.29, 0.717) is 6.61 Å². The van der Waals surface area contributed by atoms with Gasteiger partial charge in [0, 0.05) is 0 Å². The second-order valence-corrected chi connectivity index (χ2v) is 7.40. The zero-order chi connectivity index (χ0) is 14.8. The Hall–Kier alpha value is -0.860. The van der Waals surface area contributed by atoms with Crippen LogP contribution in [0, 0.1) is 5.41 Å². The van der Waals surface area contributed by atoms with Gasteiger partial charge in [-0.05, 0) is 5.41 Å². The molecule has 1 N–H and O–H groups in total. The van der Waals surface area contributed by atoms with E-state index in [1.807, 2.05) is 20.8 Å². The van der Waals surface area contributed by atoms with Gasteiger partial charge in [-0.1, -0.05) is 20.8 Å². The van der Waals surface area contributed by atoms with Crippen molar-refractivity contribution >= 4 is 16.2 Å². The average molecular weight is 295 g/mol. The first-order valence-corrected chi connectivity index (χ1v) is 7.77. The third-order valence-corrected chi connectivity index (χ3v) is 3.57. The quantitative estimate of drug-likeness (QED) is 0.772. The molecule has 0 aliphatic carbocycles. The number of nitrogens with zero attached hydrogens (tertiary/aromatic N) is 1. The van der Waals surface area contributed by atoms with E-state index in [9.17, 15) is 18.3 Å². The third kappa shape index (κ3) is 4.63. The van der Waals surface area contributed by atoms with E-state index in [0.717, 1.165) is 6.26 Å². The summed E-state index contributed by atoms with van der Waals surface area (Å²) in [5, 5.41) is 9.34. The van der Waals surface area contributed by atoms with Crippen molar-refractivity contribution in [3.63, 3.8) is 0 Å². The molecule has 0 bridgehead atoms. The van der Waals surface area contributed by atoms with Gasteiger partial charge in [-0.15, -0.1) is 0 Å². The predicted molar refractivity (Wildman–Crippen MR) is 68.5 cm³/mol. The molecule has 0 radical (unpaired) electrons. The summed E-state index contributed by atoms with van der Waals surface area (Å²) in [7, 11) is -3.60. The summed E-state index contributed by atoms with van der Waals surface area (Å²) < 4.78 is 32.1.